The van der Waals surface area contributed by atoms with Gasteiger partial charge in [-0.15, -0.1) is 0 Å². The van der Waals surface area contributed by atoms with Crippen LogP contribution in [-0.4, -0.2) is 35.2 Å². The van der Waals surface area contributed by atoms with Gasteiger partial charge in [0.15, 0.2) is 11.3 Å². The molecule has 25 heavy (non-hydrogen) atoms. The topological polar surface area (TPSA) is 41.9 Å². The molecule has 0 unspecified atom stereocenters. The summed E-state index contributed by atoms with van der Waals surface area (Å²) in [5.74, 6) is 0.943. The number of hydrogen-bond acceptors (Lipinski definition) is 4. The van der Waals surface area contributed by atoms with Crippen LogP contribution in [0.25, 0.3) is 0 Å². The lowest BCUT2D eigenvalue weighted by Crippen LogP contribution is -2.41. The molecule has 2 aromatic rings. The molecule has 0 N–H and O–H groups in total. The van der Waals surface area contributed by atoms with E-state index in [1.165, 1.54) is 23.9 Å². The molecule has 0 aliphatic carbocycles. The van der Waals surface area contributed by atoms with E-state index >= 15 is 0 Å². The molecule has 3 rings (SSSR count). The number of amides is 1. The van der Waals surface area contributed by atoms with Crippen molar-refractivity contribution in [3.63, 3.8) is 0 Å². The Kier molecular flexibility index (Phi) is 5.71. The van der Waals surface area contributed by atoms with Crippen molar-refractivity contribution in [1.82, 2.24) is 4.90 Å². The summed E-state index contributed by atoms with van der Waals surface area (Å²) in [6.45, 7) is 2.90. The van der Waals surface area contributed by atoms with E-state index in [1.807, 2.05) is 30.3 Å². The first-order valence-electron chi connectivity index (χ1n) is 8.08. The van der Waals surface area contributed by atoms with Crippen LogP contribution in [0.15, 0.2) is 59.6 Å². The van der Waals surface area contributed by atoms with E-state index in [9.17, 15) is 9.18 Å². The van der Waals surface area contributed by atoms with E-state index in [2.05, 4.69) is 4.99 Å². The molecule has 1 amide bonds. The van der Waals surface area contributed by atoms with Crippen LogP contribution in [0.4, 0.5) is 4.39 Å². The molecule has 1 aliphatic heterocycles. The molecule has 0 spiro atoms. The van der Waals surface area contributed by atoms with Gasteiger partial charge in [0.2, 0.25) is 0 Å². The van der Waals surface area contributed by atoms with Gasteiger partial charge in [0.05, 0.1) is 6.54 Å². The van der Waals surface area contributed by atoms with Crippen molar-refractivity contribution in [3.05, 3.63) is 66.0 Å². The number of thioether (sulfide) groups is 1. The van der Waals surface area contributed by atoms with Crippen molar-refractivity contribution < 1.29 is 13.9 Å². The smallest absolute Gasteiger partial charge is 0.269 e. The molecule has 0 fully saturated rings. The first-order valence-corrected chi connectivity index (χ1v) is 9.07. The van der Waals surface area contributed by atoms with Crippen LogP contribution in [-0.2, 0) is 10.5 Å². The Labute approximate surface area is 150 Å². The first kappa shape index (κ1) is 17.5. The number of para-hydroxylation sites is 1. The fourth-order valence-electron chi connectivity index (χ4n) is 2.46. The first-order chi connectivity index (χ1) is 12.1. The van der Waals surface area contributed by atoms with Gasteiger partial charge in [-0.25, -0.2) is 4.39 Å². The molecular formula is C19H19FN2O2S. The summed E-state index contributed by atoms with van der Waals surface area (Å²) >= 11 is 1.48. The zero-order valence-corrected chi connectivity index (χ0v) is 14.7. The maximum atomic E-state index is 13.0. The minimum atomic E-state index is -0.586. The molecule has 0 radical (unpaired) electrons. The molecule has 6 heteroatoms. The summed E-state index contributed by atoms with van der Waals surface area (Å²) in [6, 6.07) is 15.6. The number of amidine groups is 1. The Morgan fingerprint density at radius 1 is 1.24 bits per heavy atom. The number of carbonyl (C=O) groups excluding carboxylic acids is 1. The molecule has 4 nitrogen and oxygen atoms in total. The van der Waals surface area contributed by atoms with Crippen LogP contribution in [0.5, 0.6) is 5.75 Å². The Balaban J connectivity index is 1.58. The fraction of sp³-hybridized carbons (Fsp3) is 0.263. The van der Waals surface area contributed by atoms with Crippen LogP contribution < -0.4 is 4.74 Å². The zero-order chi connectivity index (χ0) is 17.6. The number of halogens is 1. The highest BCUT2D eigenvalue weighted by molar-refractivity contribution is 8.13. The number of rotatable bonds is 5. The predicted molar refractivity (Wildman–Crippen MR) is 98.2 cm³/mol. The van der Waals surface area contributed by atoms with Crippen molar-refractivity contribution in [2.75, 3.05) is 13.1 Å². The lowest BCUT2D eigenvalue weighted by Gasteiger charge is -2.22. The van der Waals surface area contributed by atoms with Gasteiger partial charge in [-0.1, -0.05) is 42.1 Å². The van der Waals surface area contributed by atoms with Gasteiger partial charge in [0.1, 0.15) is 11.6 Å². The van der Waals surface area contributed by atoms with Crippen molar-refractivity contribution in [2.24, 2.45) is 4.99 Å². The summed E-state index contributed by atoms with van der Waals surface area (Å²) in [5, 5.41) is 0.692. The van der Waals surface area contributed by atoms with Gasteiger partial charge in [0, 0.05) is 12.3 Å². The number of aliphatic imine (C=N–C) groups is 1. The molecule has 0 bridgehead atoms. The molecule has 1 aliphatic rings. The highest BCUT2D eigenvalue weighted by Crippen LogP contribution is 2.21. The summed E-state index contributed by atoms with van der Waals surface area (Å²) < 4.78 is 18.7. The van der Waals surface area contributed by atoms with Crippen molar-refractivity contribution in [1.29, 1.82) is 0 Å². The molecule has 0 saturated heterocycles. The molecule has 1 atom stereocenters. The normalized spacial score (nSPS) is 15.0. The molecular weight excluding hydrogens is 339 g/mol. The average molecular weight is 358 g/mol. The number of benzene rings is 2. The van der Waals surface area contributed by atoms with Gasteiger partial charge in [0.25, 0.3) is 5.91 Å². The largest absolute Gasteiger partial charge is 0.481 e. The number of ether oxygens (including phenoxy) is 1. The van der Waals surface area contributed by atoms with E-state index in [0.717, 1.165) is 5.56 Å². The summed E-state index contributed by atoms with van der Waals surface area (Å²) in [7, 11) is 0. The van der Waals surface area contributed by atoms with E-state index in [0.29, 0.717) is 29.8 Å². The Hall–Kier alpha value is -2.34. The molecule has 2 aromatic carbocycles. The van der Waals surface area contributed by atoms with Crippen LogP contribution >= 0.6 is 11.8 Å². The highest BCUT2D eigenvalue weighted by atomic mass is 32.2. The lowest BCUT2D eigenvalue weighted by atomic mass is 10.2. The number of nitrogens with zero attached hydrogens (tertiary/aromatic N) is 2. The van der Waals surface area contributed by atoms with Gasteiger partial charge < -0.3 is 4.74 Å². The molecule has 130 valence electrons. The van der Waals surface area contributed by atoms with Gasteiger partial charge in [-0.2, -0.15) is 0 Å². The Morgan fingerprint density at radius 3 is 2.68 bits per heavy atom. The second-order valence-corrected chi connectivity index (χ2v) is 6.58. The second-order valence-electron chi connectivity index (χ2n) is 5.64. The number of carbonyl (C=O) groups is 1. The molecule has 0 aromatic heterocycles. The third-order valence-corrected chi connectivity index (χ3v) is 4.84. The fourth-order valence-corrected chi connectivity index (χ4v) is 3.46. The minimum absolute atomic E-state index is 0.105. The van der Waals surface area contributed by atoms with E-state index < -0.39 is 6.10 Å². The Bertz CT molecular complexity index is 750. The third kappa shape index (κ3) is 4.60. The minimum Gasteiger partial charge on any atom is -0.481 e. The maximum Gasteiger partial charge on any atom is 0.269 e. The predicted octanol–water partition coefficient (Wildman–Crippen LogP) is 3.72. The van der Waals surface area contributed by atoms with E-state index in [1.54, 1.807) is 24.0 Å². The Morgan fingerprint density at radius 2 is 1.96 bits per heavy atom. The van der Waals surface area contributed by atoms with Gasteiger partial charge in [-0.05, 0) is 36.8 Å². The average Bonchev–Trinajstić information content (AvgIpc) is 3.10. The van der Waals surface area contributed by atoms with Crippen LogP contribution in [0.3, 0.4) is 0 Å². The van der Waals surface area contributed by atoms with Crippen LogP contribution in [0, 0.1) is 5.82 Å². The standard InChI is InChI=1S/C19H19FN2O2S/c1-14(24-17-5-3-2-4-6-17)18(23)22-12-11-21-19(22)25-13-15-7-9-16(20)10-8-15/h2-10,14H,11-13H2,1H3/t14-/m0/s1. The van der Waals surface area contributed by atoms with Crippen LogP contribution in [0.1, 0.15) is 12.5 Å². The molecule has 0 saturated carbocycles. The van der Waals surface area contributed by atoms with Crippen molar-refractivity contribution >= 4 is 22.8 Å². The second kappa shape index (κ2) is 8.16. The van der Waals surface area contributed by atoms with Gasteiger partial charge in [-0.3, -0.25) is 14.7 Å². The third-order valence-electron chi connectivity index (χ3n) is 3.75. The summed E-state index contributed by atoms with van der Waals surface area (Å²) in [4.78, 5) is 18.8. The van der Waals surface area contributed by atoms with Crippen molar-refractivity contribution in [3.8, 4) is 5.75 Å². The maximum absolute atomic E-state index is 13.0. The highest BCUT2D eigenvalue weighted by Gasteiger charge is 2.29. The summed E-state index contributed by atoms with van der Waals surface area (Å²) in [5.41, 5.74) is 0.988. The van der Waals surface area contributed by atoms with E-state index in [-0.39, 0.29) is 11.7 Å². The SMILES string of the molecule is C[C@H](Oc1ccccc1)C(=O)N1CCN=C1SCc1ccc(F)cc1. The van der Waals surface area contributed by atoms with E-state index in [4.69, 9.17) is 4.74 Å². The van der Waals surface area contributed by atoms with Gasteiger partial charge >= 0.3 is 0 Å². The lowest BCUT2D eigenvalue weighted by molar-refractivity contribution is -0.133. The number of hydrogen-bond donors (Lipinski definition) is 0. The molecule has 1 heterocycles. The quantitative estimate of drug-likeness (QED) is 0.818. The zero-order valence-electron chi connectivity index (χ0n) is 13.9. The van der Waals surface area contributed by atoms with Crippen molar-refractivity contribution in [2.45, 2.75) is 18.8 Å². The van der Waals surface area contributed by atoms with Crippen LogP contribution in [0.2, 0.25) is 0 Å². The monoisotopic (exact) mass is 358 g/mol. The summed E-state index contributed by atoms with van der Waals surface area (Å²) in [6.07, 6.45) is -0.586.